The van der Waals surface area contributed by atoms with E-state index in [2.05, 4.69) is 22.0 Å². The van der Waals surface area contributed by atoms with Crippen LogP contribution >= 0.6 is 0 Å². The Balaban J connectivity index is 2.13. The lowest BCUT2D eigenvalue weighted by molar-refractivity contribution is 0.103. The average molecular weight is 410 g/mol. The number of H-pyrrole nitrogens is 1. The molecular weight excluding hydrogens is 388 g/mol. The smallest absolute Gasteiger partial charge is 0.211 e. The zero-order valence-electron chi connectivity index (χ0n) is 17.4. The van der Waals surface area contributed by atoms with Crippen molar-refractivity contribution in [3.05, 3.63) is 41.1 Å². The first-order valence-corrected chi connectivity index (χ1v) is 8.97. The summed E-state index contributed by atoms with van der Waals surface area (Å²) in [6, 6.07) is 6.71. The molecule has 0 saturated heterocycles. The second-order valence-corrected chi connectivity index (χ2v) is 6.12. The lowest BCUT2D eigenvalue weighted by atomic mass is 10.0. The maximum absolute atomic E-state index is 13.3. The van der Waals surface area contributed by atoms with Gasteiger partial charge in [0.1, 0.15) is 23.6 Å². The van der Waals surface area contributed by atoms with Gasteiger partial charge in [-0.3, -0.25) is 9.89 Å². The topological polar surface area (TPSA) is 91.9 Å². The largest absolute Gasteiger partial charge is 0.495 e. The van der Waals surface area contributed by atoms with E-state index in [0.29, 0.717) is 50.7 Å². The van der Waals surface area contributed by atoms with Crippen LogP contribution in [-0.2, 0) is 4.74 Å². The third kappa shape index (κ3) is 3.75. The molecule has 8 heteroatoms. The lowest BCUT2D eigenvalue weighted by Gasteiger charge is -2.13. The summed E-state index contributed by atoms with van der Waals surface area (Å²) in [5.74, 6) is 7.35. The summed E-state index contributed by atoms with van der Waals surface area (Å²) in [5, 5.41) is 7.77. The van der Waals surface area contributed by atoms with Crippen molar-refractivity contribution >= 4 is 16.7 Å². The van der Waals surface area contributed by atoms with Crippen molar-refractivity contribution in [3.8, 4) is 34.8 Å². The Hall–Kier alpha value is -3.70. The second kappa shape index (κ2) is 9.20. The van der Waals surface area contributed by atoms with Crippen molar-refractivity contribution in [2.75, 3.05) is 42.2 Å². The predicted molar refractivity (Wildman–Crippen MR) is 111 cm³/mol. The van der Waals surface area contributed by atoms with Gasteiger partial charge in [-0.05, 0) is 24.3 Å². The Morgan fingerprint density at radius 1 is 0.967 bits per heavy atom. The van der Waals surface area contributed by atoms with E-state index in [1.807, 2.05) is 0 Å². The van der Waals surface area contributed by atoms with E-state index < -0.39 is 0 Å². The second-order valence-electron chi connectivity index (χ2n) is 6.12. The van der Waals surface area contributed by atoms with Gasteiger partial charge >= 0.3 is 0 Å². The standard InChI is InChI=1S/C22H22N2O6/c1-26-10-6-7-14-16(27-2)9-8-15-19(14)23-24-20(15)21(25)13-11-17(28-3)22(30-5)18(12-13)29-4/h8-9,11-12H,10H2,1-5H3,(H,23,24). The van der Waals surface area contributed by atoms with Gasteiger partial charge in [-0.1, -0.05) is 11.8 Å². The highest BCUT2D eigenvalue weighted by molar-refractivity contribution is 6.16. The highest BCUT2D eigenvalue weighted by Gasteiger charge is 2.22. The average Bonchev–Trinajstić information content (AvgIpc) is 3.22. The first-order chi connectivity index (χ1) is 14.6. The number of carbonyl (C=O) groups is 1. The highest BCUT2D eigenvalue weighted by Crippen LogP contribution is 2.39. The quantitative estimate of drug-likeness (QED) is 0.473. The van der Waals surface area contributed by atoms with Crippen molar-refractivity contribution in [2.24, 2.45) is 0 Å². The van der Waals surface area contributed by atoms with Crippen LogP contribution in [-0.4, -0.2) is 58.1 Å². The van der Waals surface area contributed by atoms with Crippen LogP contribution in [0.15, 0.2) is 24.3 Å². The minimum absolute atomic E-state index is 0.265. The Bertz CT molecular complexity index is 1110. The summed E-state index contributed by atoms with van der Waals surface area (Å²) in [5.41, 5.74) is 1.79. The van der Waals surface area contributed by atoms with Crippen LogP contribution in [0, 0.1) is 11.8 Å². The number of hydrogen-bond acceptors (Lipinski definition) is 7. The molecule has 0 aliphatic heterocycles. The predicted octanol–water partition coefficient (Wildman–Crippen LogP) is 2.83. The van der Waals surface area contributed by atoms with Gasteiger partial charge in [-0.25, -0.2) is 0 Å². The summed E-state index contributed by atoms with van der Waals surface area (Å²) in [4.78, 5) is 13.3. The number of fused-ring (bicyclic) bond motifs is 1. The fourth-order valence-electron chi connectivity index (χ4n) is 3.08. The number of nitrogens with one attached hydrogen (secondary N) is 1. The van der Waals surface area contributed by atoms with E-state index in [1.165, 1.54) is 21.3 Å². The maximum atomic E-state index is 13.3. The molecule has 2 aromatic carbocycles. The first-order valence-electron chi connectivity index (χ1n) is 8.97. The molecule has 0 amide bonds. The molecule has 0 aliphatic carbocycles. The molecule has 3 aromatic rings. The monoisotopic (exact) mass is 410 g/mol. The van der Waals surface area contributed by atoms with Crippen LogP contribution in [0.2, 0.25) is 0 Å². The third-order valence-corrected chi connectivity index (χ3v) is 4.49. The molecule has 30 heavy (non-hydrogen) atoms. The van der Waals surface area contributed by atoms with Crippen LogP contribution < -0.4 is 18.9 Å². The fourth-order valence-corrected chi connectivity index (χ4v) is 3.08. The molecule has 1 N–H and O–H groups in total. The number of carbonyl (C=O) groups excluding carboxylic acids is 1. The van der Waals surface area contributed by atoms with E-state index in [1.54, 1.807) is 38.5 Å². The number of benzene rings is 2. The molecule has 3 rings (SSSR count). The minimum Gasteiger partial charge on any atom is -0.495 e. The third-order valence-electron chi connectivity index (χ3n) is 4.49. The molecule has 0 atom stereocenters. The molecular formula is C22H22N2O6. The number of ether oxygens (including phenoxy) is 5. The fraction of sp³-hybridized carbons (Fsp3) is 0.273. The highest BCUT2D eigenvalue weighted by atomic mass is 16.5. The van der Waals surface area contributed by atoms with Crippen molar-refractivity contribution in [3.63, 3.8) is 0 Å². The number of nitrogens with zero attached hydrogens (tertiary/aromatic N) is 1. The van der Waals surface area contributed by atoms with Gasteiger partial charge in [0.05, 0.1) is 34.0 Å². The summed E-state index contributed by atoms with van der Waals surface area (Å²) < 4.78 is 26.4. The number of ketones is 1. The van der Waals surface area contributed by atoms with Crippen molar-refractivity contribution in [2.45, 2.75) is 0 Å². The van der Waals surface area contributed by atoms with Gasteiger partial charge in [-0.2, -0.15) is 5.10 Å². The molecule has 0 fully saturated rings. The Labute approximate surface area is 174 Å². The van der Waals surface area contributed by atoms with Gasteiger partial charge in [0, 0.05) is 18.1 Å². The zero-order valence-corrected chi connectivity index (χ0v) is 17.4. The molecule has 0 radical (unpaired) electrons. The van der Waals surface area contributed by atoms with Crippen LogP contribution in [0.1, 0.15) is 21.6 Å². The molecule has 0 unspecified atom stereocenters. The molecule has 1 aromatic heterocycles. The van der Waals surface area contributed by atoms with Crippen LogP contribution in [0.4, 0.5) is 0 Å². The summed E-state index contributed by atoms with van der Waals surface area (Å²) in [6.07, 6.45) is 0. The lowest BCUT2D eigenvalue weighted by Crippen LogP contribution is -2.05. The van der Waals surface area contributed by atoms with Crippen molar-refractivity contribution in [1.82, 2.24) is 10.2 Å². The van der Waals surface area contributed by atoms with Crippen molar-refractivity contribution in [1.29, 1.82) is 0 Å². The molecule has 8 nitrogen and oxygen atoms in total. The molecule has 1 heterocycles. The number of rotatable bonds is 7. The minimum atomic E-state index is -0.280. The number of aromatic nitrogens is 2. The van der Waals surface area contributed by atoms with Gasteiger partial charge < -0.3 is 23.7 Å². The van der Waals surface area contributed by atoms with E-state index in [-0.39, 0.29) is 12.4 Å². The van der Waals surface area contributed by atoms with Gasteiger partial charge in [0.2, 0.25) is 11.5 Å². The van der Waals surface area contributed by atoms with E-state index in [9.17, 15) is 4.79 Å². The van der Waals surface area contributed by atoms with Gasteiger partial charge in [0.15, 0.2) is 11.5 Å². The number of aromatic amines is 1. The zero-order chi connectivity index (χ0) is 21.7. The molecule has 0 spiro atoms. The van der Waals surface area contributed by atoms with E-state index in [4.69, 9.17) is 23.7 Å². The van der Waals surface area contributed by atoms with Crippen molar-refractivity contribution < 1.29 is 28.5 Å². The Kier molecular flexibility index (Phi) is 6.45. The van der Waals surface area contributed by atoms with Crippen LogP contribution in [0.5, 0.6) is 23.0 Å². The molecule has 0 bridgehead atoms. The Morgan fingerprint density at radius 2 is 1.63 bits per heavy atom. The Morgan fingerprint density at radius 3 is 2.20 bits per heavy atom. The van der Waals surface area contributed by atoms with Crippen LogP contribution in [0.25, 0.3) is 10.9 Å². The van der Waals surface area contributed by atoms with Gasteiger partial charge in [-0.15, -0.1) is 0 Å². The maximum Gasteiger partial charge on any atom is 0.211 e. The molecule has 0 saturated carbocycles. The van der Waals surface area contributed by atoms with E-state index >= 15 is 0 Å². The number of methoxy groups -OCH3 is 5. The summed E-state index contributed by atoms with van der Waals surface area (Å²) in [7, 11) is 7.61. The van der Waals surface area contributed by atoms with Crippen LogP contribution in [0.3, 0.4) is 0 Å². The molecule has 0 aliphatic rings. The first kappa shape index (κ1) is 21.0. The summed E-state index contributed by atoms with van der Waals surface area (Å²) >= 11 is 0. The number of hydrogen-bond donors (Lipinski definition) is 1. The van der Waals surface area contributed by atoms with Gasteiger partial charge in [0.25, 0.3) is 0 Å². The van der Waals surface area contributed by atoms with E-state index in [0.717, 1.165) is 0 Å². The SMILES string of the molecule is COCC#Cc1c(OC)ccc2c(C(=O)c3cc(OC)c(OC)c(OC)c3)[nH]nc12. The molecule has 156 valence electrons. The summed E-state index contributed by atoms with van der Waals surface area (Å²) in [6.45, 7) is 0.265. The normalized spacial score (nSPS) is 10.3.